The molecule has 108 valence electrons. The summed E-state index contributed by atoms with van der Waals surface area (Å²) in [6.07, 6.45) is 1.52. The molecule has 7 heteroatoms. The molecule has 2 heterocycles. The van der Waals surface area contributed by atoms with Gasteiger partial charge in [0.1, 0.15) is 11.6 Å². The van der Waals surface area contributed by atoms with Crippen molar-refractivity contribution >= 4 is 46.2 Å². The van der Waals surface area contributed by atoms with Crippen LogP contribution in [0, 0.1) is 11.3 Å². The number of benzene rings is 1. The van der Waals surface area contributed by atoms with Gasteiger partial charge in [-0.3, -0.25) is 0 Å². The summed E-state index contributed by atoms with van der Waals surface area (Å²) in [7, 11) is 0. The second-order valence-electron chi connectivity index (χ2n) is 4.28. The van der Waals surface area contributed by atoms with Crippen molar-refractivity contribution in [2.24, 2.45) is 0 Å². The minimum atomic E-state index is 0.105. The summed E-state index contributed by atoms with van der Waals surface area (Å²) >= 11 is 13.4. The molecule has 0 bridgehead atoms. The fourth-order valence-electron chi connectivity index (χ4n) is 1.93. The van der Waals surface area contributed by atoms with Gasteiger partial charge in [0.15, 0.2) is 0 Å². The molecular weight excluding hydrogens is 339 g/mol. The number of hydrogen-bond acceptors (Lipinski definition) is 5. The molecule has 0 aliphatic carbocycles. The van der Waals surface area contributed by atoms with Gasteiger partial charge in [-0.05, 0) is 23.7 Å². The van der Waals surface area contributed by atoms with Crippen molar-refractivity contribution in [2.45, 2.75) is 0 Å². The number of allylic oxidation sites excluding steroid dienone is 1. The van der Waals surface area contributed by atoms with Crippen molar-refractivity contribution in [3.63, 3.8) is 0 Å². The zero-order valence-corrected chi connectivity index (χ0v) is 13.4. The lowest BCUT2D eigenvalue weighted by Gasteiger charge is -2.08. The van der Waals surface area contributed by atoms with E-state index in [1.165, 1.54) is 18.0 Å². The van der Waals surface area contributed by atoms with Crippen LogP contribution < -0.4 is 5.32 Å². The second-order valence-corrected chi connectivity index (χ2v) is 5.91. The predicted molar refractivity (Wildman–Crippen MR) is 89.7 cm³/mol. The summed E-state index contributed by atoms with van der Waals surface area (Å²) in [6, 6.07) is 11.3. The maximum atomic E-state index is 9.43. The van der Waals surface area contributed by atoms with Gasteiger partial charge < -0.3 is 5.32 Å². The van der Waals surface area contributed by atoms with Gasteiger partial charge in [0, 0.05) is 22.2 Å². The first-order valence-corrected chi connectivity index (χ1v) is 7.84. The molecule has 22 heavy (non-hydrogen) atoms. The first kappa shape index (κ1) is 14.9. The first-order valence-electron chi connectivity index (χ1n) is 6.21. The van der Waals surface area contributed by atoms with Crippen LogP contribution in [-0.2, 0) is 0 Å². The number of nitrogens with zero attached hydrogens (tertiary/aromatic N) is 3. The highest BCUT2D eigenvalue weighted by Crippen LogP contribution is 2.36. The number of aromatic nitrogens is 2. The molecule has 1 aromatic heterocycles. The third-order valence-electron chi connectivity index (χ3n) is 2.93. The molecule has 1 N–H and O–H groups in total. The van der Waals surface area contributed by atoms with Gasteiger partial charge in [0.2, 0.25) is 5.28 Å². The highest BCUT2D eigenvalue weighted by molar-refractivity contribution is 8.06. The highest BCUT2D eigenvalue weighted by atomic mass is 35.5. The molecule has 2 aromatic rings. The van der Waals surface area contributed by atoms with E-state index in [9.17, 15) is 5.26 Å². The van der Waals surface area contributed by atoms with Gasteiger partial charge >= 0.3 is 0 Å². The molecule has 0 saturated heterocycles. The third kappa shape index (κ3) is 2.95. The topological polar surface area (TPSA) is 61.6 Å². The monoisotopic (exact) mass is 346 g/mol. The van der Waals surface area contributed by atoms with Gasteiger partial charge in [-0.25, -0.2) is 9.97 Å². The number of rotatable bonds is 2. The van der Waals surface area contributed by atoms with Crippen molar-refractivity contribution in [1.82, 2.24) is 15.3 Å². The number of hydrogen-bond donors (Lipinski definition) is 1. The Morgan fingerprint density at radius 2 is 2.05 bits per heavy atom. The van der Waals surface area contributed by atoms with Crippen molar-refractivity contribution in [3.05, 3.63) is 68.5 Å². The van der Waals surface area contributed by atoms with Crippen LogP contribution in [0.4, 0.5) is 0 Å². The highest BCUT2D eigenvalue weighted by Gasteiger charge is 2.19. The number of nitriles is 1. The van der Waals surface area contributed by atoms with Crippen LogP contribution >= 0.6 is 35.0 Å². The number of thioether (sulfide) groups is 1. The van der Waals surface area contributed by atoms with Crippen LogP contribution in [-0.4, -0.2) is 9.97 Å². The standard InChI is InChI=1S/C15H8Cl2N4S/c16-11-4-2-1-3-9(11)13-8-22-14(20-13)10(7-18)12-5-6-19-15(17)21-12/h1-6,8,20H/b14-10-. The molecule has 0 radical (unpaired) electrons. The lowest BCUT2D eigenvalue weighted by atomic mass is 10.1. The Bertz CT molecular complexity index is 839. The van der Waals surface area contributed by atoms with Crippen LogP contribution in [0.1, 0.15) is 11.3 Å². The van der Waals surface area contributed by atoms with Gasteiger partial charge in [-0.15, -0.1) is 0 Å². The average molecular weight is 347 g/mol. The Morgan fingerprint density at radius 3 is 2.77 bits per heavy atom. The van der Waals surface area contributed by atoms with Gasteiger partial charge in [-0.1, -0.05) is 41.6 Å². The van der Waals surface area contributed by atoms with Crippen molar-refractivity contribution < 1.29 is 0 Å². The summed E-state index contributed by atoms with van der Waals surface area (Å²) < 4.78 is 0. The molecule has 1 aliphatic heterocycles. The van der Waals surface area contributed by atoms with Crippen molar-refractivity contribution in [3.8, 4) is 6.07 Å². The summed E-state index contributed by atoms with van der Waals surface area (Å²) in [4.78, 5) is 7.90. The summed E-state index contributed by atoms with van der Waals surface area (Å²) in [6.45, 7) is 0. The molecule has 0 fully saturated rings. The molecule has 0 amide bonds. The fourth-order valence-corrected chi connectivity index (χ4v) is 3.17. The number of nitrogens with one attached hydrogen (secondary N) is 1. The quantitative estimate of drug-likeness (QED) is 0.648. The van der Waals surface area contributed by atoms with Gasteiger partial charge in [0.25, 0.3) is 0 Å². The van der Waals surface area contributed by atoms with Crippen molar-refractivity contribution in [1.29, 1.82) is 5.26 Å². The van der Waals surface area contributed by atoms with E-state index in [-0.39, 0.29) is 5.28 Å². The molecule has 3 rings (SSSR count). The zero-order chi connectivity index (χ0) is 15.5. The van der Waals surface area contributed by atoms with Crippen LogP contribution in [0.15, 0.2) is 47.0 Å². The van der Waals surface area contributed by atoms with Crippen LogP contribution in [0.3, 0.4) is 0 Å². The maximum absolute atomic E-state index is 9.43. The smallest absolute Gasteiger partial charge is 0.222 e. The molecule has 1 aromatic carbocycles. The normalized spacial score (nSPS) is 15.8. The Kier molecular flexibility index (Phi) is 4.34. The van der Waals surface area contributed by atoms with Crippen molar-refractivity contribution in [2.75, 3.05) is 0 Å². The van der Waals surface area contributed by atoms with Crippen LogP contribution in [0.25, 0.3) is 11.3 Å². The second kappa shape index (κ2) is 6.41. The molecule has 0 atom stereocenters. The molecule has 4 nitrogen and oxygen atoms in total. The third-order valence-corrected chi connectivity index (χ3v) is 4.34. The van der Waals surface area contributed by atoms with Gasteiger partial charge in [0.05, 0.1) is 16.4 Å². The molecule has 0 unspecified atom stereocenters. The van der Waals surface area contributed by atoms with E-state index in [2.05, 4.69) is 21.4 Å². The van der Waals surface area contributed by atoms with E-state index in [0.717, 1.165) is 11.3 Å². The Hall–Kier alpha value is -2.00. The van der Waals surface area contributed by atoms with Crippen LogP contribution in [0.2, 0.25) is 10.3 Å². The Balaban J connectivity index is 1.95. The Labute approximate surface area is 141 Å². The summed E-state index contributed by atoms with van der Waals surface area (Å²) in [5.74, 6) is 0. The maximum Gasteiger partial charge on any atom is 0.222 e. The fraction of sp³-hybridized carbons (Fsp3) is 0. The molecule has 1 aliphatic rings. The minimum absolute atomic E-state index is 0.105. The zero-order valence-electron chi connectivity index (χ0n) is 11.0. The van der Waals surface area contributed by atoms with Crippen LogP contribution in [0.5, 0.6) is 0 Å². The lowest BCUT2D eigenvalue weighted by molar-refractivity contribution is 1.13. The van der Waals surface area contributed by atoms with E-state index in [1.807, 2.05) is 29.7 Å². The largest absolute Gasteiger partial charge is 0.348 e. The average Bonchev–Trinajstić information content (AvgIpc) is 2.98. The predicted octanol–water partition coefficient (Wildman–Crippen LogP) is 4.31. The van der Waals surface area contributed by atoms with Gasteiger partial charge in [-0.2, -0.15) is 5.26 Å². The van der Waals surface area contributed by atoms with E-state index in [4.69, 9.17) is 23.2 Å². The molecular formula is C15H8Cl2N4S. The minimum Gasteiger partial charge on any atom is -0.348 e. The first-order chi connectivity index (χ1) is 10.7. The van der Waals surface area contributed by atoms with E-state index in [0.29, 0.717) is 21.3 Å². The lowest BCUT2D eigenvalue weighted by Crippen LogP contribution is -2.07. The summed E-state index contributed by atoms with van der Waals surface area (Å²) in [5, 5.41) is 16.0. The summed E-state index contributed by atoms with van der Waals surface area (Å²) in [5.41, 5.74) is 2.61. The SMILES string of the molecule is N#C/C(=C1\NC(c2ccccc2Cl)=CS1)c1ccnc(Cl)n1. The van der Waals surface area contributed by atoms with E-state index >= 15 is 0 Å². The number of halogens is 2. The van der Waals surface area contributed by atoms with E-state index in [1.54, 1.807) is 6.07 Å². The van der Waals surface area contributed by atoms with E-state index < -0.39 is 0 Å². The molecule has 0 saturated carbocycles. The molecule has 0 spiro atoms. The Morgan fingerprint density at radius 1 is 1.23 bits per heavy atom.